The minimum atomic E-state index is -0.0856. The molecular formula is C18H36O3. The normalized spacial score (nSPS) is 12.3. The Morgan fingerprint density at radius 3 is 1.86 bits per heavy atom. The number of carbonyl (C=O) groups is 1. The number of hydrogen-bond acceptors (Lipinski definition) is 3. The van der Waals surface area contributed by atoms with E-state index < -0.39 is 0 Å². The summed E-state index contributed by atoms with van der Waals surface area (Å²) in [6.45, 7) is 2.25. The molecular weight excluding hydrogens is 264 g/mol. The van der Waals surface area contributed by atoms with Crippen molar-refractivity contribution >= 4 is 5.97 Å². The molecule has 0 aliphatic carbocycles. The number of rotatable bonds is 15. The van der Waals surface area contributed by atoms with Crippen LogP contribution in [0.3, 0.4) is 0 Å². The average molecular weight is 300 g/mol. The molecule has 1 atom stereocenters. The van der Waals surface area contributed by atoms with Crippen LogP contribution in [0.1, 0.15) is 90.4 Å². The fourth-order valence-electron chi connectivity index (χ4n) is 2.63. The van der Waals surface area contributed by atoms with Crippen LogP contribution in [-0.4, -0.2) is 26.3 Å². The van der Waals surface area contributed by atoms with Crippen molar-refractivity contribution in [2.75, 3.05) is 14.2 Å². The molecule has 0 aliphatic rings. The molecule has 0 rings (SSSR count). The molecule has 0 N–H and O–H groups in total. The second-order valence-corrected chi connectivity index (χ2v) is 5.94. The van der Waals surface area contributed by atoms with Gasteiger partial charge in [-0.2, -0.15) is 0 Å². The van der Waals surface area contributed by atoms with Gasteiger partial charge in [0.15, 0.2) is 0 Å². The van der Waals surface area contributed by atoms with Gasteiger partial charge in [0.05, 0.1) is 13.2 Å². The summed E-state index contributed by atoms with van der Waals surface area (Å²) in [6, 6.07) is 0. The van der Waals surface area contributed by atoms with Crippen LogP contribution in [-0.2, 0) is 14.3 Å². The van der Waals surface area contributed by atoms with E-state index in [1.165, 1.54) is 71.3 Å². The van der Waals surface area contributed by atoms with E-state index in [0.717, 1.165) is 12.8 Å². The standard InChI is InChI=1S/C18H36O3/c1-4-5-6-8-11-14-17(20-2)15-12-9-7-10-13-16-18(19)21-3/h17H,4-16H2,1-3H3/t17-/m1/s1. The van der Waals surface area contributed by atoms with Gasteiger partial charge in [0.2, 0.25) is 0 Å². The molecule has 3 heteroatoms. The molecule has 126 valence electrons. The van der Waals surface area contributed by atoms with Gasteiger partial charge in [-0.25, -0.2) is 0 Å². The van der Waals surface area contributed by atoms with Gasteiger partial charge in [-0.3, -0.25) is 4.79 Å². The number of unbranched alkanes of at least 4 members (excludes halogenated alkanes) is 8. The second kappa shape index (κ2) is 15.8. The first-order valence-corrected chi connectivity index (χ1v) is 8.84. The molecule has 0 spiro atoms. The van der Waals surface area contributed by atoms with Crippen molar-refractivity contribution in [2.24, 2.45) is 0 Å². The molecule has 0 fully saturated rings. The maximum atomic E-state index is 11.0. The molecule has 0 radical (unpaired) electrons. The van der Waals surface area contributed by atoms with Gasteiger partial charge in [-0.05, 0) is 19.3 Å². The maximum Gasteiger partial charge on any atom is 0.305 e. The lowest BCUT2D eigenvalue weighted by Crippen LogP contribution is -2.10. The Bertz CT molecular complexity index is 229. The van der Waals surface area contributed by atoms with Crippen LogP contribution in [0.25, 0.3) is 0 Å². The Labute approximate surface area is 131 Å². The van der Waals surface area contributed by atoms with Crippen molar-refractivity contribution in [3.8, 4) is 0 Å². The number of carbonyl (C=O) groups excluding carboxylic acids is 1. The number of esters is 1. The SMILES string of the molecule is CCCCCCC[C@H](CCCCCCCC(=O)OC)OC. The first-order valence-electron chi connectivity index (χ1n) is 8.84. The molecule has 0 saturated carbocycles. The van der Waals surface area contributed by atoms with Gasteiger partial charge in [-0.15, -0.1) is 0 Å². The van der Waals surface area contributed by atoms with E-state index in [0.29, 0.717) is 12.5 Å². The van der Waals surface area contributed by atoms with Gasteiger partial charge in [0, 0.05) is 13.5 Å². The summed E-state index contributed by atoms with van der Waals surface area (Å²) in [6.07, 6.45) is 15.9. The molecule has 0 aromatic heterocycles. The third-order valence-electron chi connectivity index (χ3n) is 4.10. The summed E-state index contributed by atoms with van der Waals surface area (Å²) in [5, 5.41) is 0. The average Bonchev–Trinajstić information content (AvgIpc) is 2.51. The van der Waals surface area contributed by atoms with Crippen molar-refractivity contribution in [2.45, 2.75) is 96.5 Å². The van der Waals surface area contributed by atoms with Gasteiger partial charge in [0.1, 0.15) is 0 Å². The van der Waals surface area contributed by atoms with Crippen LogP contribution in [0.2, 0.25) is 0 Å². The zero-order valence-electron chi connectivity index (χ0n) is 14.5. The lowest BCUT2D eigenvalue weighted by atomic mass is 10.0. The van der Waals surface area contributed by atoms with Crippen molar-refractivity contribution in [3.05, 3.63) is 0 Å². The maximum absolute atomic E-state index is 11.0. The van der Waals surface area contributed by atoms with E-state index in [4.69, 9.17) is 4.74 Å². The zero-order valence-corrected chi connectivity index (χ0v) is 14.5. The van der Waals surface area contributed by atoms with Crippen molar-refractivity contribution in [1.29, 1.82) is 0 Å². The minimum Gasteiger partial charge on any atom is -0.469 e. The first kappa shape index (κ1) is 20.4. The summed E-state index contributed by atoms with van der Waals surface area (Å²) >= 11 is 0. The van der Waals surface area contributed by atoms with E-state index in [2.05, 4.69) is 11.7 Å². The third kappa shape index (κ3) is 14.1. The lowest BCUT2D eigenvalue weighted by Gasteiger charge is -2.15. The molecule has 3 nitrogen and oxygen atoms in total. The van der Waals surface area contributed by atoms with E-state index in [1.54, 1.807) is 0 Å². The van der Waals surface area contributed by atoms with Crippen LogP contribution < -0.4 is 0 Å². The fraction of sp³-hybridized carbons (Fsp3) is 0.944. The Balaban J connectivity index is 3.36. The Morgan fingerprint density at radius 2 is 1.33 bits per heavy atom. The molecule has 0 amide bonds. The second-order valence-electron chi connectivity index (χ2n) is 5.94. The summed E-state index contributed by atoms with van der Waals surface area (Å²) in [7, 11) is 3.29. The molecule has 0 heterocycles. The predicted octanol–water partition coefficient (Wildman–Crippen LogP) is 5.27. The van der Waals surface area contributed by atoms with Crippen LogP contribution in [0, 0.1) is 0 Å². The molecule has 0 aliphatic heterocycles. The van der Waals surface area contributed by atoms with Crippen LogP contribution in [0.5, 0.6) is 0 Å². The van der Waals surface area contributed by atoms with Crippen LogP contribution in [0.4, 0.5) is 0 Å². The van der Waals surface area contributed by atoms with Crippen molar-refractivity contribution in [3.63, 3.8) is 0 Å². The number of ether oxygens (including phenoxy) is 2. The zero-order chi connectivity index (χ0) is 15.8. The van der Waals surface area contributed by atoms with Crippen LogP contribution >= 0.6 is 0 Å². The summed E-state index contributed by atoms with van der Waals surface area (Å²) in [4.78, 5) is 11.0. The van der Waals surface area contributed by atoms with Crippen molar-refractivity contribution < 1.29 is 14.3 Å². The van der Waals surface area contributed by atoms with Crippen LogP contribution in [0.15, 0.2) is 0 Å². The Hall–Kier alpha value is -0.570. The smallest absolute Gasteiger partial charge is 0.305 e. The van der Waals surface area contributed by atoms with E-state index in [-0.39, 0.29) is 5.97 Å². The quantitative estimate of drug-likeness (QED) is 0.305. The van der Waals surface area contributed by atoms with E-state index >= 15 is 0 Å². The molecule has 0 aromatic carbocycles. The molecule has 0 bridgehead atoms. The monoisotopic (exact) mass is 300 g/mol. The lowest BCUT2D eigenvalue weighted by molar-refractivity contribution is -0.140. The highest BCUT2D eigenvalue weighted by Gasteiger charge is 2.06. The van der Waals surface area contributed by atoms with Gasteiger partial charge < -0.3 is 9.47 Å². The van der Waals surface area contributed by atoms with Gasteiger partial charge in [-0.1, -0.05) is 64.7 Å². The van der Waals surface area contributed by atoms with Crippen molar-refractivity contribution in [1.82, 2.24) is 0 Å². The highest BCUT2D eigenvalue weighted by atomic mass is 16.5. The number of hydrogen-bond donors (Lipinski definition) is 0. The largest absolute Gasteiger partial charge is 0.469 e. The highest BCUT2D eigenvalue weighted by molar-refractivity contribution is 5.68. The number of methoxy groups -OCH3 is 2. The van der Waals surface area contributed by atoms with E-state index in [1.807, 2.05) is 7.11 Å². The predicted molar refractivity (Wildman–Crippen MR) is 88.5 cm³/mol. The Kier molecular flexibility index (Phi) is 15.4. The van der Waals surface area contributed by atoms with E-state index in [9.17, 15) is 4.79 Å². The highest BCUT2D eigenvalue weighted by Crippen LogP contribution is 2.15. The summed E-state index contributed by atoms with van der Waals surface area (Å²) < 4.78 is 10.2. The first-order chi connectivity index (χ1) is 10.2. The minimum absolute atomic E-state index is 0.0856. The van der Waals surface area contributed by atoms with Gasteiger partial charge in [0.25, 0.3) is 0 Å². The molecule has 0 saturated heterocycles. The molecule has 21 heavy (non-hydrogen) atoms. The van der Waals surface area contributed by atoms with Gasteiger partial charge >= 0.3 is 5.97 Å². The third-order valence-corrected chi connectivity index (χ3v) is 4.10. The molecule has 0 aromatic rings. The summed E-state index contributed by atoms with van der Waals surface area (Å²) in [5.41, 5.74) is 0. The topological polar surface area (TPSA) is 35.5 Å². The molecule has 0 unspecified atom stereocenters. The fourth-order valence-corrected chi connectivity index (χ4v) is 2.63. The summed E-state index contributed by atoms with van der Waals surface area (Å²) in [5.74, 6) is -0.0856. The Morgan fingerprint density at radius 1 is 0.810 bits per heavy atom.